The number of hydrogen-bond acceptors (Lipinski definition) is 5. The molecule has 0 unspecified atom stereocenters. The molecule has 1 aliphatic rings. The molecule has 1 saturated heterocycles. The second-order valence-corrected chi connectivity index (χ2v) is 6.83. The third-order valence-electron chi connectivity index (χ3n) is 3.24. The van der Waals surface area contributed by atoms with Gasteiger partial charge in [-0.2, -0.15) is 5.26 Å². The molecule has 1 heterocycles. The van der Waals surface area contributed by atoms with Gasteiger partial charge in [-0.15, -0.1) is 11.6 Å². The summed E-state index contributed by atoms with van der Waals surface area (Å²) in [6.07, 6.45) is 1.86. The predicted molar refractivity (Wildman–Crippen MR) is 91.4 cm³/mol. The number of halogens is 1. The number of carbonyl (C=O) groups is 2. The van der Waals surface area contributed by atoms with Gasteiger partial charge in [0.1, 0.15) is 17.2 Å². The Bertz CT molecular complexity index is 514. The largest absolute Gasteiger partial charge is 0.444 e. The van der Waals surface area contributed by atoms with E-state index < -0.39 is 11.5 Å². The zero-order chi connectivity index (χ0) is 18.2. The summed E-state index contributed by atoms with van der Waals surface area (Å²) in [6.45, 7) is 7.96. The van der Waals surface area contributed by atoms with Crippen LogP contribution < -0.4 is 5.32 Å². The third-order valence-corrected chi connectivity index (χ3v) is 3.51. The predicted octanol–water partition coefficient (Wildman–Crippen LogP) is 1.69. The van der Waals surface area contributed by atoms with Crippen LogP contribution in [-0.4, -0.2) is 66.0 Å². The van der Waals surface area contributed by atoms with Crippen molar-refractivity contribution in [2.75, 3.05) is 38.6 Å². The first-order chi connectivity index (χ1) is 11.3. The molecule has 24 heavy (non-hydrogen) atoms. The fourth-order valence-electron chi connectivity index (χ4n) is 2.04. The molecule has 8 heteroatoms. The lowest BCUT2D eigenvalue weighted by atomic mass is 10.2. The van der Waals surface area contributed by atoms with Crippen LogP contribution in [0.1, 0.15) is 27.2 Å². The number of ether oxygens (including phenoxy) is 1. The first-order valence-corrected chi connectivity index (χ1v) is 8.48. The number of alkyl halides is 1. The Hall–Kier alpha value is -1.94. The number of amides is 2. The second kappa shape index (κ2) is 9.38. The minimum Gasteiger partial charge on any atom is -0.444 e. The maximum absolute atomic E-state index is 12.0. The van der Waals surface area contributed by atoms with Gasteiger partial charge in [-0.05, 0) is 27.2 Å². The van der Waals surface area contributed by atoms with Crippen LogP contribution >= 0.6 is 11.6 Å². The zero-order valence-corrected chi connectivity index (χ0v) is 15.2. The monoisotopic (exact) mass is 356 g/mol. The number of carbonyl (C=O) groups excluding carboxylic acids is 2. The van der Waals surface area contributed by atoms with E-state index in [1.807, 2.05) is 31.7 Å². The quantitative estimate of drug-likeness (QED) is 0.350. The van der Waals surface area contributed by atoms with Gasteiger partial charge < -0.3 is 19.9 Å². The smallest absolute Gasteiger partial charge is 0.410 e. The van der Waals surface area contributed by atoms with E-state index in [9.17, 15) is 9.59 Å². The molecular weight excluding hydrogens is 332 g/mol. The fraction of sp³-hybridized carbons (Fsp3) is 0.688. The summed E-state index contributed by atoms with van der Waals surface area (Å²) in [4.78, 5) is 27.4. The van der Waals surface area contributed by atoms with E-state index in [1.54, 1.807) is 11.1 Å². The summed E-state index contributed by atoms with van der Waals surface area (Å²) in [5.74, 6) is 0.0515. The van der Waals surface area contributed by atoms with Crippen LogP contribution in [0.25, 0.3) is 0 Å². The second-order valence-electron chi connectivity index (χ2n) is 6.46. The number of piperazine rings is 1. The van der Waals surface area contributed by atoms with E-state index >= 15 is 0 Å². The van der Waals surface area contributed by atoms with Gasteiger partial charge >= 0.3 is 6.09 Å². The van der Waals surface area contributed by atoms with Crippen molar-refractivity contribution in [3.05, 3.63) is 11.8 Å². The van der Waals surface area contributed by atoms with Crippen molar-refractivity contribution in [1.82, 2.24) is 15.1 Å². The molecular formula is C16H25ClN4O3. The normalized spacial score (nSPS) is 15.7. The van der Waals surface area contributed by atoms with Gasteiger partial charge in [0.2, 0.25) is 0 Å². The highest BCUT2D eigenvalue weighted by molar-refractivity contribution is 6.17. The number of rotatable bonds is 5. The lowest BCUT2D eigenvalue weighted by molar-refractivity contribution is -0.117. The summed E-state index contributed by atoms with van der Waals surface area (Å²) in [5, 5.41) is 11.8. The van der Waals surface area contributed by atoms with Crippen molar-refractivity contribution >= 4 is 23.6 Å². The van der Waals surface area contributed by atoms with Crippen molar-refractivity contribution in [1.29, 1.82) is 5.26 Å². The summed E-state index contributed by atoms with van der Waals surface area (Å²) >= 11 is 5.55. The Morgan fingerprint density at radius 2 is 1.92 bits per heavy atom. The molecule has 1 aliphatic heterocycles. The summed E-state index contributed by atoms with van der Waals surface area (Å²) in [7, 11) is 0. The van der Waals surface area contributed by atoms with Gasteiger partial charge in [-0.3, -0.25) is 4.79 Å². The number of hydrogen-bond donors (Lipinski definition) is 1. The molecule has 1 rings (SSSR count). The molecule has 2 amide bonds. The van der Waals surface area contributed by atoms with Crippen molar-refractivity contribution < 1.29 is 14.3 Å². The van der Waals surface area contributed by atoms with E-state index in [-0.39, 0.29) is 11.7 Å². The maximum atomic E-state index is 12.0. The van der Waals surface area contributed by atoms with Gasteiger partial charge in [0.25, 0.3) is 5.91 Å². The number of nitriles is 1. The highest BCUT2D eigenvalue weighted by Gasteiger charge is 2.25. The summed E-state index contributed by atoms with van der Waals surface area (Å²) in [6, 6.07) is 1.91. The molecule has 0 saturated carbocycles. The van der Waals surface area contributed by atoms with Gasteiger partial charge in [-0.25, -0.2) is 4.79 Å². The Kier molecular flexibility index (Phi) is 7.86. The lowest BCUT2D eigenvalue weighted by Crippen LogP contribution is -2.48. The van der Waals surface area contributed by atoms with Crippen LogP contribution in [0.2, 0.25) is 0 Å². The van der Waals surface area contributed by atoms with Gasteiger partial charge in [-0.1, -0.05) is 0 Å². The van der Waals surface area contributed by atoms with Crippen LogP contribution in [0.4, 0.5) is 4.79 Å². The minimum atomic E-state index is -0.525. The number of nitrogens with one attached hydrogen (secondary N) is 1. The van der Waals surface area contributed by atoms with Gasteiger partial charge in [0.05, 0.1) is 0 Å². The van der Waals surface area contributed by atoms with E-state index in [1.165, 1.54) is 0 Å². The Morgan fingerprint density at radius 1 is 1.29 bits per heavy atom. The Balaban J connectivity index is 2.52. The first-order valence-electron chi connectivity index (χ1n) is 7.95. The first kappa shape index (κ1) is 20.1. The Labute approximate surface area is 148 Å². The van der Waals surface area contributed by atoms with Gasteiger partial charge in [0, 0.05) is 44.8 Å². The van der Waals surface area contributed by atoms with Crippen LogP contribution in [0.5, 0.6) is 0 Å². The van der Waals surface area contributed by atoms with Crippen molar-refractivity contribution in [3.63, 3.8) is 0 Å². The number of nitrogens with zero attached hydrogens (tertiary/aromatic N) is 3. The van der Waals surface area contributed by atoms with E-state index in [0.29, 0.717) is 45.0 Å². The molecule has 0 aromatic rings. The van der Waals surface area contributed by atoms with E-state index in [4.69, 9.17) is 21.6 Å². The van der Waals surface area contributed by atoms with Crippen LogP contribution in [0, 0.1) is 11.3 Å². The highest BCUT2D eigenvalue weighted by atomic mass is 35.5. The Morgan fingerprint density at radius 3 is 2.42 bits per heavy atom. The zero-order valence-electron chi connectivity index (χ0n) is 14.5. The highest BCUT2D eigenvalue weighted by Crippen LogP contribution is 2.12. The van der Waals surface area contributed by atoms with Crippen molar-refractivity contribution in [2.45, 2.75) is 32.8 Å². The van der Waals surface area contributed by atoms with Crippen LogP contribution in [0.3, 0.4) is 0 Å². The van der Waals surface area contributed by atoms with E-state index in [0.717, 1.165) is 0 Å². The van der Waals surface area contributed by atoms with Gasteiger partial charge in [0.15, 0.2) is 0 Å². The molecule has 1 fully saturated rings. The molecule has 0 aromatic heterocycles. The molecule has 1 N–H and O–H groups in total. The van der Waals surface area contributed by atoms with Crippen LogP contribution in [-0.2, 0) is 9.53 Å². The average molecular weight is 357 g/mol. The molecule has 0 bridgehead atoms. The lowest BCUT2D eigenvalue weighted by Gasteiger charge is -2.35. The summed E-state index contributed by atoms with van der Waals surface area (Å²) < 4.78 is 5.33. The molecule has 0 aliphatic carbocycles. The standard InChI is InChI=1S/C16H25ClN4O3/c1-16(2,3)24-15(23)21-9-7-20(8-10-21)12-13(11-18)14(22)19-6-4-5-17/h12H,4-10H2,1-3H3,(H,19,22)/b13-12-. The molecule has 0 radical (unpaired) electrons. The van der Waals surface area contributed by atoms with Crippen molar-refractivity contribution in [2.24, 2.45) is 0 Å². The molecule has 0 aromatic carbocycles. The molecule has 0 spiro atoms. The summed E-state index contributed by atoms with van der Waals surface area (Å²) in [5.41, 5.74) is -0.473. The SMILES string of the molecule is CC(C)(C)OC(=O)N1CCN(/C=C(/C#N)C(=O)NCCCCl)CC1. The van der Waals surface area contributed by atoms with Crippen molar-refractivity contribution in [3.8, 4) is 6.07 Å². The third kappa shape index (κ3) is 7.09. The topological polar surface area (TPSA) is 85.7 Å². The van der Waals surface area contributed by atoms with Crippen LogP contribution in [0.15, 0.2) is 11.8 Å². The molecule has 134 valence electrons. The average Bonchev–Trinajstić information content (AvgIpc) is 2.51. The molecule has 7 nitrogen and oxygen atoms in total. The molecule has 0 atom stereocenters. The maximum Gasteiger partial charge on any atom is 0.410 e. The fourth-order valence-corrected chi connectivity index (χ4v) is 2.18. The van der Waals surface area contributed by atoms with E-state index in [2.05, 4.69) is 5.32 Å². The minimum absolute atomic E-state index is 0.0512.